The molecule has 2 aromatic heterocycles. The highest BCUT2D eigenvalue weighted by Crippen LogP contribution is 2.26. The van der Waals surface area contributed by atoms with Crippen LogP contribution in [0.5, 0.6) is 0 Å². The van der Waals surface area contributed by atoms with Crippen molar-refractivity contribution in [1.29, 1.82) is 0 Å². The highest BCUT2D eigenvalue weighted by Gasteiger charge is 2.25. The average Bonchev–Trinajstić information content (AvgIpc) is 3.44. The zero-order chi connectivity index (χ0) is 21.7. The predicted molar refractivity (Wildman–Crippen MR) is 118 cm³/mol. The molecule has 0 spiro atoms. The molecule has 30 heavy (non-hydrogen) atoms. The monoisotopic (exact) mass is 466 g/mol. The minimum absolute atomic E-state index is 0.0381. The molecule has 3 rings (SSSR count). The van der Waals surface area contributed by atoms with E-state index in [1.165, 1.54) is 36.4 Å². The molecule has 0 aliphatic heterocycles. The van der Waals surface area contributed by atoms with Gasteiger partial charge in [-0.1, -0.05) is 31.5 Å². The first-order valence-corrected chi connectivity index (χ1v) is 12.3. The molecule has 0 bridgehead atoms. The van der Waals surface area contributed by atoms with Gasteiger partial charge in [-0.3, -0.25) is 9.69 Å². The topological polar surface area (TPSA) is 79.6 Å². The quantitative estimate of drug-likeness (QED) is 0.497. The van der Waals surface area contributed by atoms with Gasteiger partial charge in [-0.25, -0.2) is 8.42 Å². The number of nitrogens with one attached hydrogen (secondary N) is 1. The van der Waals surface area contributed by atoms with Gasteiger partial charge < -0.3 is 9.73 Å². The van der Waals surface area contributed by atoms with Crippen LogP contribution in [0.15, 0.2) is 68.3 Å². The second-order valence-electron chi connectivity index (χ2n) is 6.54. The highest BCUT2D eigenvalue weighted by atomic mass is 35.5. The molecule has 160 valence electrons. The van der Waals surface area contributed by atoms with E-state index >= 15 is 0 Å². The van der Waals surface area contributed by atoms with E-state index in [0.717, 1.165) is 18.0 Å². The molecule has 1 atom stereocenters. The summed E-state index contributed by atoms with van der Waals surface area (Å²) in [6, 6.07) is 12.5. The molecule has 0 fully saturated rings. The fraction of sp³-hybridized carbons (Fsp3) is 0.286. The smallest absolute Gasteiger partial charge is 0.287 e. The minimum atomic E-state index is -3.87. The van der Waals surface area contributed by atoms with Crippen molar-refractivity contribution in [3.05, 3.63) is 69.6 Å². The lowest BCUT2D eigenvalue weighted by molar-refractivity contribution is 0.0902. The number of carbonyl (C=O) groups is 1. The van der Waals surface area contributed by atoms with Gasteiger partial charge in [0.25, 0.3) is 5.91 Å². The molecule has 0 saturated carbocycles. The lowest BCUT2D eigenvalue weighted by Gasteiger charge is -2.29. The molecule has 1 aromatic carbocycles. The number of benzene rings is 1. The van der Waals surface area contributed by atoms with Gasteiger partial charge in [-0.05, 0) is 60.9 Å². The van der Waals surface area contributed by atoms with Crippen molar-refractivity contribution in [3.8, 4) is 0 Å². The number of hydrogen-bond acceptors (Lipinski definition) is 6. The summed E-state index contributed by atoms with van der Waals surface area (Å²) >= 11 is 7.46. The third-order valence-corrected chi connectivity index (χ3v) is 7.64. The van der Waals surface area contributed by atoms with Crippen LogP contribution in [0.2, 0.25) is 5.02 Å². The molecule has 1 amide bonds. The zero-order valence-electron chi connectivity index (χ0n) is 16.7. The molecule has 3 aromatic rings. The Morgan fingerprint density at radius 3 is 2.43 bits per heavy atom. The third kappa shape index (κ3) is 4.95. The first kappa shape index (κ1) is 22.6. The van der Waals surface area contributed by atoms with Crippen molar-refractivity contribution in [2.45, 2.75) is 29.9 Å². The SMILES string of the molecule is CCN(CC)C(CNC(=O)c1ccc(S(=O)(=O)c2ccc(Cl)cc2)o1)c1cccs1. The van der Waals surface area contributed by atoms with Crippen molar-refractivity contribution >= 4 is 38.7 Å². The normalized spacial score (nSPS) is 12.8. The number of amides is 1. The van der Waals surface area contributed by atoms with E-state index in [0.29, 0.717) is 11.6 Å². The average molecular weight is 467 g/mol. The number of sulfone groups is 1. The van der Waals surface area contributed by atoms with E-state index in [-0.39, 0.29) is 21.8 Å². The van der Waals surface area contributed by atoms with Gasteiger partial charge in [0.05, 0.1) is 10.9 Å². The van der Waals surface area contributed by atoms with Gasteiger partial charge in [0.15, 0.2) is 5.76 Å². The van der Waals surface area contributed by atoms with Crippen LogP contribution in [0.4, 0.5) is 0 Å². The molecule has 1 N–H and O–H groups in total. The molecule has 0 saturated heterocycles. The Bertz CT molecular complexity index is 1070. The molecule has 0 radical (unpaired) electrons. The van der Waals surface area contributed by atoms with Crippen LogP contribution in [0.3, 0.4) is 0 Å². The number of halogens is 1. The molecule has 1 unspecified atom stereocenters. The third-order valence-electron chi connectivity index (χ3n) is 4.77. The van der Waals surface area contributed by atoms with E-state index in [2.05, 4.69) is 24.1 Å². The summed E-state index contributed by atoms with van der Waals surface area (Å²) in [7, 11) is -3.87. The Labute approximate surface area is 185 Å². The summed E-state index contributed by atoms with van der Waals surface area (Å²) < 4.78 is 30.8. The molecule has 0 aliphatic carbocycles. The van der Waals surface area contributed by atoms with Crippen molar-refractivity contribution in [2.24, 2.45) is 0 Å². The zero-order valence-corrected chi connectivity index (χ0v) is 19.1. The van der Waals surface area contributed by atoms with Crippen LogP contribution in [0, 0.1) is 0 Å². The minimum Gasteiger partial charge on any atom is -0.439 e. The van der Waals surface area contributed by atoms with Gasteiger partial charge in [0.2, 0.25) is 14.9 Å². The Morgan fingerprint density at radius 2 is 1.83 bits per heavy atom. The van der Waals surface area contributed by atoms with Gasteiger partial charge in [-0.15, -0.1) is 11.3 Å². The van der Waals surface area contributed by atoms with Crippen LogP contribution in [0.1, 0.15) is 35.3 Å². The van der Waals surface area contributed by atoms with Crippen LogP contribution in [-0.4, -0.2) is 38.9 Å². The van der Waals surface area contributed by atoms with Crippen molar-refractivity contribution in [3.63, 3.8) is 0 Å². The van der Waals surface area contributed by atoms with Gasteiger partial charge in [0.1, 0.15) is 0 Å². The van der Waals surface area contributed by atoms with E-state index in [9.17, 15) is 13.2 Å². The Kier molecular flexibility index (Phi) is 7.36. The molecular formula is C21H23ClN2O4S2. The van der Waals surface area contributed by atoms with Crippen LogP contribution in [0.25, 0.3) is 0 Å². The van der Waals surface area contributed by atoms with E-state index < -0.39 is 15.7 Å². The van der Waals surface area contributed by atoms with Crippen LogP contribution < -0.4 is 5.32 Å². The van der Waals surface area contributed by atoms with Crippen LogP contribution >= 0.6 is 22.9 Å². The second kappa shape index (κ2) is 9.78. The highest BCUT2D eigenvalue weighted by molar-refractivity contribution is 7.91. The summed E-state index contributed by atoms with van der Waals surface area (Å²) in [6.45, 7) is 6.23. The first-order chi connectivity index (χ1) is 14.4. The summed E-state index contributed by atoms with van der Waals surface area (Å²) in [4.78, 5) is 16.1. The standard InChI is InChI=1S/C21H23ClN2O4S2/c1-3-24(4-2)17(19-6-5-13-29-19)14-23-21(25)18-11-12-20(28-18)30(26,27)16-9-7-15(22)8-10-16/h5-13,17H,3-4,14H2,1-2H3,(H,23,25). The van der Waals surface area contributed by atoms with Crippen molar-refractivity contribution in [1.82, 2.24) is 10.2 Å². The Balaban J connectivity index is 1.73. The number of furan rings is 1. The number of carbonyl (C=O) groups excluding carboxylic acids is 1. The Morgan fingerprint density at radius 1 is 1.13 bits per heavy atom. The molecule has 9 heteroatoms. The van der Waals surface area contributed by atoms with E-state index in [4.69, 9.17) is 16.0 Å². The number of likely N-dealkylation sites (N-methyl/N-ethyl adjacent to an activating group) is 1. The maximum atomic E-state index is 12.7. The van der Waals surface area contributed by atoms with Gasteiger partial charge in [0, 0.05) is 16.4 Å². The lowest BCUT2D eigenvalue weighted by atomic mass is 10.2. The van der Waals surface area contributed by atoms with E-state index in [1.54, 1.807) is 11.3 Å². The maximum absolute atomic E-state index is 12.7. The first-order valence-electron chi connectivity index (χ1n) is 9.53. The van der Waals surface area contributed by atoms with Crippen molar-refractivity contribution in [2.75, 3.05) is 19.6 Å². The largest absolute Gasteiger partial charge is 0.439 e. The summed E-state index contributed by atoms with van der Waals surface area (Å²) in [5.41, 5.74) is 0. The van der Waals surface area contributed by atoms with Gasteiger partial charge >= 0.3 is 0 Å². The molecule has 2 heterocycles. The number of rotatable bonds is 9. The van der Waals surface area contributed by atoms with E-state index in [1.807, 2.05) is 17.5 Å². The van der Waals surface area contributed by atoms with Gasteiger partial charge in [-0.2, -0.15) is 0 Å². The lowest BCUT2D eigenvalue weighted by Crippen LogP contribution is -2.37. The van der Waals surface area contributed by atoms with Crippen molar-refractivity contribution < 1.29 is 17.6 Å². The second-order valence-corrected chi connectivity index (χ2v) is 9.83. The molecule has 0 aliphatic rings. The maximum Gasteiger partial charge on any atom is 0.287 e. The van der Waals surface area contributed by atoms with Crippen LogP contribution in [-0.2, 0) is 9.84 Å². The summed E-state index contributed by atoms with van der Waals surface area (Å²) in [5.74, 6) is -0.506. The summed E-state index contributed by atoms with van der Waals surface area (Å²) in [6.07, 6.45) is 0. The molecule has 6 nitrogen and oxygen atoms in total. The molecular weight excluding hydrogens is 444 g/mol. The fourth-order valence-electron chi connectivity index (χ4n) is 3.15. The Hall–Kier alpha value is -2.13. The number of nitrogens with zero attached hydrogens (tertiary/aromatic N) is 1. The number of thiophene rings is 1. The summed E-state index contributed by atoms with van der Waals surface area (Å²) in [5, 5.41) is 5.03. The predicted octanol–water partition coefficient (Wildman–Crippen LogP) is 4.64. The number of hydrogen-bond donors (Lipinski definition) is 1. The fourth-order valence-corrected chi connectivity index (χ4v) is 5.31.